The van der Waals surface area contributed by atoms with Crippen molar-refractivity contribution in [2.75, 3.05) is 0 Å². The summed E-state index contributed by atoms with van der Waals surface area (Å²) >= 11 is 5.69. The second-order valence-electron chi connectivity index (χ2n) is 3.01. The van der Waals surface area contributed by atoms with Crippen molar-refractivity contribution in [1.29, 1.82) is 0 Å². The number of fused-ring (bicyclic) bond motifs is 1. The fourth-order valence-corrected chi connectivity index (χ4v) is 2.17. The Kier molecular flexibility index (Phi) is 2.38. The largest absolute Gasteiger partial charge is 0.240 e. The molecule has 0 bridgehead atoms. The molecule has 0 amide bonds. The molecule has 0 aliphatic heterocycles. The number of rotatable bonds is 1. The van der Waals surface area contributed by atoms with Gasteiger partial charge < -0.3 is 0 Å². The van der Waals surface area contributed by atoms with Gasteiger partial charge in [-0.15, -0.1) is 0 Å². The number of pyridine rings is 1. The van der Waals surface area contributed by atoms with Gasteiger partial charge >= 0.3 is 0 Å². The monoisotopic (exact) mass is 242 g/mol. The van der Waals surface area contributed by atoms with Crippen molar-refractivity contribution in [3.8, 4) is 0 Å². The Morgan fingerprint density at radius 3 is 2.60 bits per heavy atom. The van der Waals surface area contributed by atoms with E-state index in [0.29, 0.717) is 10.9 Å². The standard InChI is InChI=1S/C9H7ClN2O2S/c10-8-5-4-6-2-1-3-7(9(6)12-8)15(11,13)14/h1-5H,(H2,11,13,14). The average molecular weight is 243 g/mol. The molecule has 4 nitrogen and oxygen atoms in total. The van der Waals surface area contributed by atoms with Gasteiger partial charge in [0.1, 0.15) is 10.0 Å². The van der Waals surface area contributed by atoms with Crippen LogP contribution in [0.3, 0.4) is 0 Å². The van der Waals surface area contributed by atoms with Crippen LogP contribution in [0, 0.1) is 0 Å². The minimum absolute atomic E-state index is 0.0116. The van der Waals surface area contributed by atoms with E-state index in [1.54, 1.807) is 24.3 Å². The maximum atomic E-state index is 11.3. The number of aromatic nitrogens is 1. The molecule has 0 aliphatic carbocycles. The van der Waals surface area contributed by atoms with E-state index in [2.05, 4.69) is 4.98 Å². The lowest BCUT2D eigenvalue weighted by atomic mass is 10.2. The molecule has 0 atom stereocenters. The number of hydrogen-bond donors (Lipinski definition) is 1. The third-order valence-electron chi connectivity index (χ3n) is 1.96. The first kappa shape index (κ1) is 10.4. The van der Waals surface area contributed by atoms with E-state index < -0.39 is 10.0 Å². The molecular formula is C9H7ClN2O2S. The Morgan fingerprint density at radius 2 is 1.93 bits per heavy atom. The normalized spacial score (nSPS) is 11.9. The highest BCUT2D eigenvalue weighted by molar-refractivity contribution is 7.89. The van der Waals surface area contributed by atoms with Crippen molar-refractivity contribution >= 4 is 32.5 Å². The molecule has 0 radical (unpaired) electrons. The van der Waals surface area contributed by atoms with Crippen LogP contribution in [0.2, 0.25) is 5.15 Å². The Balaban J connectivity index is 2.92. The van der Waals surface area contributed by atoms with Crippen LogP contribution in [-0.4, -0.2) is 13.4 Å². The lowest BCUT2D eigenvalue weighted by Crippen LogP contribution is -2.12. The van der Waals surface area contributed by atoms with Gasteiger partial charge in [0.25, 0.3) is 0 Å². The van der Waals surface area contributed by atoms with Gasteiger partial charge in [0.2, 0.25) is 10.0 Å². The van der Waals surface area contributed by atoms with Crippen LogP contribution in [0.25, 0.3) is 10.9 Å². The summed E-state index contributed by atoms with van der Waals surface area (Å²) in [6, 6.07) is 8.04. The van der Waals surface area contributed by atoms with Crippen LogP contribution < -0.4 is 5.14 Å². The van der Waals surface area contributed by atoms with Crippen LogP contribution in [-0.2, 0) is 10.0 Å². The molecule has 0 spiro atoms. The van der Waals surface area contributed by atoms with E-state index in [1.807, 2.05) is 0 Å². The van der Waals surface area contributed by atoms with Crippen molar-refractivity contribution in [3.63, 3.8) is 0 Å². The van der Waals surface area contributed by atoms with Crippen LogP contribution >= 0.6 is 11.6 Å². The van der Waals surface area contributed by atoms with Crippen LogP contribution in [0.1, 0.15) is 0 Å². The summed E-state index contributed by atoms with van der Waals surface area (Å²) in [6.45, 7) is 0. The number of halogens is 1. The van der Waals surface area contributed by atoms with Crippen molar-refractivity contribution in [3.05, 3.63) is 35.5 Å². The van der Waals surface area contributed by atoms with Gasteiger partial charge in [0, 0.05) is 5.39 Å². The molecule has 2 aromatic rings. The summed E-state index contributed by atoms with van der Waals surface area (Å²) in [7, 11) is -3.77. The van der Waals surface area contributed by atoms with Gasteiger partial charge in [-0.3, -0.25) is 0 Å². The molecule has 0 aliphatic rings. The minimum Gasteiger partial charge on any atom is -0.235 e. The topological polar surface area (TPSA) is 73.1 Å². The molecule has 2 rings (SSSR count). The molecule has 1 aromatic heterocycles. The summed E-state index contributed by atoms with van der Waals surface area (Å²) in [5.41, 5.74) is 0.299. The molecule has 0 saturated heterocycles. The predicted molar refractivity (Wildman–Crippen MR) is 58.1 cm³/mol. The average Bonchev–Trinajstić information content (AvgIpc) is 2.15. The van der Waals surface area contributed by atoms with Gasteiger partial charge in [-0.1, -0.05) is 23.7 Å². The van der Waals surface area contributed by atoms with E-state index in [9.17, 15) is 8.42 Å². The number of nitrogens with two attached hydrogens (primary N) is 1. The van der Waals surface area contributed by atoms with Crippen molar-refractivity contribution in [1.82, 2.24) is 4.98 Å². The summed E-state index contributed by atoms with van der Waals surface area (Å²) in [5.74, 6) is 0. The maximum absolute atomic E-state index is 11.3. The van der Waals surface area contributed by atoms with Crippen molar-refractivity contribution in [2.24, 2.45) is 5.14 Å². The quantitative estimate of drug-likeness (QED) is 0.771. The van der Waals surface area contributed by atoms with E-state index in [1.165, 1.54) is 6.07 Å². The molecule has 1 heterocycles. The summed E-state index contributed by atoms with van der Waals surface area (Å²) < 4.78 is 22.5. The zero-order chi connectivity index (χ0) is 11.1. The number of primary sulfonamides is 1. The smallest absolute Gasteiger partial charge is 0.235 e. The van der Waals surface area contributed by atoms with Crippen molar-refractivity contribution < 1.29 is 8.42 Å². The van der Waals surface area contributed by atoms with Gasteiger partial charge in [0.05, 0.1) is 5.52 Å². The number of benzene rings is 1. The lowest BCUT2D eigenvalue weighted by molar-refractivity contribution is 0.598. The summed E-state index contributed by atoms with van der Waals surface area (Å²) in [6.07, 6.45) is 0. The third kappa shape index (κ3) is 1.94. The molecule has 1 aromatic carbocycles. The van der Waals surface area contributed by atoms with Gasteiger partial charge in [0.15, 0.2) is 0 Å². The second-order valence-corrected chi connectivity index (χ2v) is 4.92. The van der Waals surface area contributed by atoms with Gasteiger partial charge in [-0.2, -0.15) is 0 Å². The van der Waals surface area contributed by atoms with E-state index in [-0.39, 0.29) is 10.0 Å². The molecule has 0 saturated carbocycles. The second kappa shape index (κ2) is 3.44. The Labute approximate surface area is 91.7 Å². The highest BCUT2D eigenvalue weighted by atomic mass is 35.5. The molecule has 15 heavy (non-hydrogen) atoms. The Morgan fingerprint density at radius 1 is 1.20 bits per heavy atom. The summed E-state index contributed by atoms with van der Waals surface area (Å²) in [4.78, 5) is 3.94. The first-order chi connectivity index (χ1) is 6.98. The van der Waals surface area contributed by atoms with Crippen LogP contribution in [0.15, 0.2) is 35.2 Å². The number of hydrogen-bond acceptors (Lipinski definition) is 3. The van der Waals surface area contributed by atoms with Gasteiger partial charge in [-0.05, 0) is 18.2 Å². The van der Waals surface area contributed by atoms with Crippen LogP contribution in [0.5, 0.6) is 0 Å². The molecule has 78 valence electrons. The predicted octanol–water partition coefficient (Wildman–Crippen LogP) is 1.54. The summed E-state index contributed by atoms with van der Waals surface area (Å²) in [5, 5.41) is 5.98. The SMILES string of the molecule is NS(=O)(=O)c1cccc2ccc(Cl)nc12. The molecule has 6 heteroatoms. The fraction of sp³-hybridized carbons (Fsp3) is 0. The minimum atomic E-state index is -3.77. The first-order valence-electron chi connectivity index (χ1n) is 4.06. The molecular weight excluding hydrogens is 236 g/mol. The van der Waals surface area contributed by atoms with Crippen molar-refractivity contribution in [2.45, 2.75) is 4.90 Å². The fourth-order valence-electron chi connectivity index (χ4n) is 1.33. The number of sulfonamides is 1. The zero-order valence-electron chi connectivity index (χ0n) is 7.51. The van der Waals surface area contributed by atoms with Gasteiger partial charge in [-0.25, -0.2) is 18.5 Å². The Hall–Kier alpha value is -1.17. The zero-order valence-corrected chi connectivity index (χ0v) is 9.09. The first-order valence-corrected chi connectivity index (χ1v) is 5.99. The Bertz CT molecular complexity index is 625. The van der Waals surface area contributed by atoms with Crippen LogP contribution in [0.4, 0.5) is 0 Å². The molecule has 0 fully saturated rings. The molecule has 2 N–H and O–H groups in total. The number of para-hydroxylation sites is 1. The van der Waals surface area contributed by atoms with E-state index in [4.69, 9.17) is 16.7 Å². The molecule has 0 unspecified atom stereocenters. The van der Waals surface area contributed by atoms with E-state index >= 15 is 0 Å². The number of nitrogens with zero attached hydrogens (tertiary/aromatic N) is 1. The van der Waals surface area contributed by atoms with E-state index in [0.717, 1.165) is 0 Å². The lowest BCUT2D eigenvalue weighted by Gasteiger charge is -2.03. The highest BCUT2D eigenvalue weighted by Gasteiger charge is 2.13. The highest BCUT2D eigenvalue weighted by Crippen LogP contribution is 2.21. The maximum Gasteiger partial charge on any atom is 0.240 e. The third-order valence-corrected chi connectivity index (χ3v) is 3.11.